The summed E-state index contributed by atoms with van der Waals surface area (Å²) in [7, 11) is 0. The van der Waals surface area contributed by atoms with Crippen molar-refractivity contribution in [2.24, 2.45) is 5.73 Å². The molecule has 10 heteroatoms. The zero-order chi connectivity index (χ0) is 26.8. The van der Waals surface area contributed by atoms with Gasteiger partial charge in [0.15, 0.2) is 11.5 Å². The van der Waals surface area contributed by atoms with Gasteiger partial charge in [-0.1, -0.05) is 31.4 Å². The van der Waals surface area contributed by atoms with Crippen LogP contribution in [0.15, 0.2) is 86.1 Å². The third-order valence-corrected chi connectivity index (χ3v) is 5.02. The van der Waals surface area contributed by atoms with Gasteiger partial charge in [0.05, 0.1) is 5.56 Å². The highest BCUT2D eigenvalue weighted by molar-refractivity contribution is 6.07. The lowest BCUT2D eigenvalue weighted by Crippen LogP contribution is -2.38. The Morgan fingerprint density at radius 1 is 1.05 bits per heavy atom. The molecule has 190 valence electrons. The number of benzene rings is 2. The molecule has 0 aliphatic heterocycles. The van der Waals surface area contributed by atoms with Gasteiger partial charge in [-0.05, 0) is 54.1 Å². The van der Waals surface area contributed by atoms with Gasteiger partial charge in [-0.3, -0.25) is 20.3 Å². The van der Waals surface area contributed by atoms with Crippen LogP contribution in [0.1, 0.15) is 27.5 Å². The van der Waals surface area contributed by atoms with Gasteiger partial charge < -0.3 is 20.5 Å². The molecule has 0 saturated carbocycles. The van der Waals surface area contributed by atoms with Gasteiger partial charge >= 0.3 is 0 Å². The quantitative estimate of drug-likeness (QED) is 0.128. The number of amides is 2. The lowest BCUT2D eigenvalue weighted by molar-refractivity contribution is -0.121. The van der Waals surface area contributed by atoms with Crippen molar-refractivity contribution in [2.75, 3.05) is 18.5 Å². The first-order valence-electron chi connectivity index (χ1n) is 11.1. The van der Waals surface area contributed by atoms with Gasteiger partial charge in [0.25, 0.3) is 11.8 Å². The van der Waals surface area contributed by atoms with E-state index in [0.29, 0.717) is 28.3 Å². The van der Waals surface area contributed by atoms with Crippen molar-refractivity contribution >= 4 is 23.3 Å². The number of hydrogen-bond acceptors (Lipinski definition) is 7. The lowest BCUT2D eigenvalue weighted by atomic mass is 10.0. The Morgan fingerprint density at radius 3 is 2.35 bits per heavy atom. The molecule has 0 aliphatic carbocycles. The first-order valence-corrected chi connectivity index (χ1v) is 11.1. The average molecular weight is 504 g/mol. The fraction of sp³-hybridized carbons (Fsp3) is 0.111. The molecule has 5 N–H and O–H groups in total. The van der Waals surface area contributed by atoms with E-state index in [4.69, 9.17) is 20.6 Å². The number of imide groups is 1. The smallest absolute Gasteiger partial charge is 0.262 e. The molecule has 3 rings (SSSR count). The van der Waals surface area contributed by atoms with Crippen molar-refractivity contribution in [3.05, 3.63) is 109 Å². The van der Waals surface area contributed by atoms with Crippen LogP contribution in [-0.4, -0.2) is 35.8 Å². The minimum atomic E-state index is -1.11. The van der Waals surface area contributed by atoms with Gasteiger partial charge in [0.1, 0.15) is 25.1 Å². The number of aromatic nitrogens is 1. The van der Waals surface area contributed by atoms with Crippen molar-refractivity contribution in [3.8, 4) is 11.5 Å². The van der Waals surface area contributed by atoms with Crippen molar-refractivity contribution in [2.45, 2.75) is 6.04 Å². The highest BCUT2D eigenvalue weighted by atomic mass is 19.1. The van der Waals surface area contributed by atoms with E-state index in [-0.39, 0.29) is 24.6 Å². The van der Waals surface area contributed by atoms with Crippen LogP contribution in [-0.2, 0) is 4.79 Å². The Morgan fingerprint density at radius 2 is 1.73 bits per heavy atom. The Labute approximate surface area is 213 Å². The second-order valence-corrected chi connectivity index (χ2v) is 7.63. The second-order valence-electron chi connectivity index (χ2n) is 7.63. The predicted octanol–water partition coefficient (Wildman–Crippen LogP) is 3.74. The number of amidine groups is 1. The zero-order valence-electron chi connectivity index (χ0n) is 19.9. The summed E-state index contributed by atoms with van der Waals surface area (Å²) in [6, 6.07) is 12.9. The predicted molar refractivity (Wildman–Crippen MR) is 138 cm³/mol. The number of halogens is 1. The molecular weight excluding hydrogens is 477 g/mol. The summed E-state index contributed by atoms with van der Waals surface area (Å²) in [5.41, 5.74) is 6.58. The van der Waals surface area contributed by atoms with Gasteiger partial charge in [0.2, 0.25) is 5.95 Å². The van der Waals surface area contributed by atoms with Gasteiger partial charge in [-0.25, -0.2) is 4.98 Å². The van der Waals surface area contributed by atoms with E-state index in [9.17, 15) is 14.0 Å². The van der Waals surface area contributed by atoms with Crippen LogP contribution in [0.3, 0.4) is 0 Å². The van der Waals surface area contributed by atoms with Crippen LogP contribution in [0.4, 0.5) is 10.1 Å². The van der Waals surface area contributed by atoms with E-state index in [0.717, 1.165) is 0 Å². The molecule has 0 radical (unpaired) electrons. The molecule has 9 nitrogen and oxygen atoms in total. The van der Waals surface area contributed by atoms with Crippen LogP contribution in [0.2, 0.25) is 0 Å². The fourth-order valence-corrected chi connectivity index (χ4v) is 3.25. The van der Waals surface area contributed by atoms with Gasteiger partial charge in [-0.15, -0.1) is 0 Å². The minimum absolute atomic E-state index is 0.107. The van der Waals surface area contributed by atoms with E-state index in [1.807, 2.05) is 0 Å². The maximum Gasteiger partial charge on any atom is 0.262 e. The highest BCUT2D eigenvalue weighted by Gasteiger charge is 2.26. The van der Waals surface area contributed by atoms with Crippen LogP contribution in [0.5, 0.6) is 11.5 Å². The first kappa shape index (κ1) is 26.6. The summed E-state index contributed by atoms with van der Waals surface area (Å²) in [5, 5.41) is 12.8. The molecule has 0 bridgehead atoms. The Hall–Kier alpha value is -4.99. The maximum absolute atomic E-state index is 14.0. The number of nitrogens with zero attached hydrogens (tertiary/aromatic N) is 1. The first-order chi connectivity index (χ1) is 17.8. The van der Waals surface area contributed by atoms with Crippen molar-refractivity contribution in [3.63, 3.8) is 0 Å². The summed E-state index contributed by atoms with van der Waals surface area (Å²) < 4.78 is 25.4. The molecule has 37 heavy (non-hydrogen) atoms. The van der Waals surface area contributed by atoms with Crippen molar-refractivity contribution < 1.29 is 23.5 Å². The lowest BCUT2D eigenvalue weighted by Gasteiger charge is -2.21. The van der Waals surface area contributed by atoms with Crippen LogP contribution < -0.4 is 25.8 Å². The number of nitrogens with two attached hydrogens (primary N) is 1. The standard InChI is InChI=1S/C27H26FN5O4/c1-3-14-36-21-12-9-18(16-22(21)37-15-4-2)23(32-19-10-7-17(8-11-19)25(29)30)27(35)33-26(34)20-6-5-13-31-24(20)28/h3-13,16,23,32H,1-2,14-15H2,(H3,29,30)(H,33,34,35). The van der Waals surface area contributed by atoms with E-state index < -0.39 is 23.8 Å². The van der Waals surface area contributed by atoms with E-state index in [1.54, 1.807) is 54.6 Å². The third kappa shape index (κ3) is 7.01. The van der Waals surface area contributed by atoms with E-state index >= 15 is 0 Å². The van der Waals surface area contributed by atoms with E-state index in [2.05, 4.69) is 28.8 Å². The number of pyridine rings is 1. The van der Waals surface area contributed by atoms with Crippen molar-refractivity contribution in [1.29, 1.82) is 5.41 Å². The van der Waals surface area contributed by atoms with E-state index in [1.165, 1.54) is 18.3 Å². The average Bonchev–Trinajstić information content (AvgIpc) is 2.90. The Bertz CT molecular complexity index is 1310. The molecule has 1 atom stereocenters. The molecule has 0 spiro atoms. The number of rotatable bonds is 12. The third-order valence-electron chi connectivity index (χ3n) is 5.02. The fourth-order valence-electron chi connectivity index (χ4n) is 3.25. The number of hydrogen-bond donors (Lipinski definition) is 4. The van der Waals surface area contributed by atoms with Crippen LogP contribution >= 0.6 is 0 Å². The van der Waals surface area contributed by atoms with Gasteiger partial charge in [0, 0.05) is 17.4 Å². The molecule has 3 aromatic rings. The SMILES string of the molecule is C=CCOc1ccc(C(Nc2ccc(C(=N)N)cc2)C(=O)NC(=O)c2cccnc2F)cc1OCC=C. The molecule has 0 aliphatic rings. The monoisotopic (exact) mass is 503 g/mol. The number of nitrogen functional groups attached to an aromatic ring is 1. The summed E-state index contributed by atoms with van der Waals surface area (Å²) in [4.78, 5) is 29.4. The zero-order valence-corrected chi connectivity index (χ0v) is 19.9. The molecule has 2 amide bonds. The molecule has 2 aromatic carbocycles. The number of nitrogens with one attached hydrogen (secondary N) is 3. The normalized spacial score (nSPS) is 11.1. The highest BCUT2D eigenvalue weighted by Crippen LogP contribution is 2.32. The summed E-state index contributed by atoms with van der Waals surface area (Å²) in [6.45, 7) is 7.69. The van der Waals surface area contributed by atoms with Crippen molar-refractivity contribution in [1.82, 2.24) is 10.3 Å². The number of carbonyl (C=O) groups excluding carboxylic acids is 2. The number of ether oxygens (including phenoxy) is 2. The molecule has 0 fully saturated rings. The molecular formula is C27H26FN5O4. The molecule has 0 saturated heterocycles. The number of carbonyl (C=O) groups is 2. The summed E-state index contributed by atoms with van der Waals surface area (Å²) in [6.07, 6.45) is 4.34. The largest absolute Gasteiger partial charge is 0.486 e. The maximum atomic E-state index is 14.0. The molecule has 1 heterocycles. The summed E-state index contributed by atoms with van der Waals surface area (Å²) >= 11 is 0. The molecule has 1 aromatic heterocycles. The topological polar surface area (TPSA) is 139 Å². The van der Waals surface area contributed by atoms with Crippen LogP contribution in [0, 0.1) is 11.4 Å². The Kier molecular flexibility index (Phi) is 9.09. The minimum Gasteiger partial charge on any atom is -0.486 e. The number of anilines is 1. The summed E-state index contributed by atoms with van der Waals surface area (Å²) in [5.74, 6) is -2.04. The van der Waals surface area contributed by atoms with Gasteiger partial charge in [-0.2, -0.15) is 4.39 Å². The second kappa shape index (κ2) is 12.6. The van der Waals surface area contributed by atoms with Crippen LogP contribution in [0.25, 0.3) is 0 Å². The molecule has 1 unspecified atom stereocenters. The Balaban J connectivity index is 1.97.